The second-order valence-electron chi connectivity index (χ2n) is 4.66. The molecule has 2 rings (SSSR count). The van der Waals surface area contributed by atoms with Gasteiger partial charge in [0, 0.05) is 0 Å². The van der Waals surface area contributed by atoms with Gasteiger partial charge in [0.1, 0.15) is 18.1 Å². The average molecular weight is 341 g/mol. The topological polar surface area (TPSA) is 121 Å². The van der Waals surface area contributed by atoms with Crippen molar-refractivity contribution in [3.63, 3.8) is 0 Å². The Bertz CT molecular complexity index is 798. The molecule has 0 unspecified atom stereocenters. The minimum atomic E-state index is -3.71. The van der Waals surface area contributed by atoms with Gasteiger partial charge in [0.15, 0.2) is 5.69 Å². The Kier molecular flexibility index (Phi) is 4.96. The molecule has 10 heteroatoms. The van der Waals surface area contributed by atoms with Crippen LogP contribution in [0.15, 0.2) is 24.3 Å². The van der Waals surface area contributed by atoms with Gasteiger partial charge in [-0.3, -0.25) is 4.18 Å². The van der Waals surface area contributed by atoms with Crippen molar-refractivity contribution in [2.75, 3.05) is 13.4 Å². The van der Waals surface area contributed by atoms with E-state index in [2.05, 4.69) is 14.5 Å². The highest BCUT2D eigenvalue weighted by Gasteiger charge is 2.21. The third-order valence-electron chi connectivity index (χ3n) is 2.91. The smallest absolute Gasteiger partial charge is 0.356 e. The van der Waals surface area contributed by atoms with E-state index in [0.29, 0.717) is 5.75 Å². The lowest BCUT2D eigenvalue weighted by Gasteiger charge is -2.06. The molecule has 2 aromatic rings. The number of carboxylic acid groups (broad SMARTS) is 1. The lowest BCUT2D eigenvalue weighted by Crippen LogP contribution is -2.13. The zero-order valence-electron chi connectivity index (χ0n) is 12.5. The molecule has 1 N–H and O–H groups in total. The van der Waals surface area contributed by atoms with Crippen LogP contribution in [-0.2, 0) is 27.5 Å². The fourth-order valence-corrected chi connectivity index (χ4v) is 2.18. The summed E-state index contributed by atoms with van der Waals surface area (Å²) >= 11 is 0. The summed E-state index contributed by atoms with van der Waals surface area (Å²) < 4.78 is 32.8. The van der Waals surface area contributed by atoms with Gasteiger partial charge in [0.25, 0.3) is 10.1 Å². The van der Waals surface area contributed by atoms with E-state index in [9.17, 15) is 18.3 Å². The van der Waals surface area contributed by atoms with E-state index in [0.717, 1.165) is 11.8 Å². The van der Waals surface area contributed by atoms with Gasteiger partial charge >= 0.3 is 5.97 Å². The van der Waals surface area contributed by atoms with Gasteiger partial charge in [-0.25, -0.2) is 9.48 Å². The SMILES string of the molecule is COc1ccc(Cn2nnc(COS(C)(=O)=O)c2C(=O)O)cc1. The maximum absolute atomic E-state index is 11.4. The molecular weight excluding hydrogens is 326 g/mol. The van der Waals surface area contributed by atoms with Gasteiger partial charge in [-0.05, 0) is 17.7 Å². The average Bonchev–Trinajstić information content (AvgIpc) is 2.88. The summed E-state index contributed by atoms with van der Waals surface area (Å²) in [5, 5.41) is 16.7. The lowest BCUT2D eigenvalue weighted by molar-refractivity contribution is 0.0680. The number of ether oxygens (including phenoxy) is 1. The minimum Gasteiger partial charge on any atom is -0.497 e. The summed E-state index contributed by atoms with van der Waals surface area (Å²) in [5.74, 6) is -0.594. The molecule has 23 heavy (non-hydrogen) atoms. The number of hydrogen-bond donors (Lipinski definition) is 1. The molecular formula is C13H15N3O6S. The van der Waals surface area contributed by atoms with Crippen LogP contribution in [-0.4, -0.2) is 47.9 Å². The van der Waals surface area contributed by atoms with E-state index in [1.54, 1.807) is 31.4 Å². The summed E-state index contributed by atoms with van der Waals surface area (Å²) in [7, 11) is -2.16. The van der Waals surface area contributed by atoms with Crippen LogP contribution in [0.3, 0.4) is 0 Å². The summed E-state index contributed by atoms with van der Waals surface area (Å²) in [6.07, 6.45) is 0.870. The molecule has 0 saturated heterocycles. The molecule has 0 atom stereocenters. The molecule has 0 amide bonds. The molecule has 1 aromatic heterocycles. The first kappa shape index (κ1) is 16.9. The molecule has 0 fully saturated rings. The van der Waals surface area contributed by atoms with Crippen LogP contribution in [0.25, 0.3) is 0 Å². The van der Waals surface area contributed by atoms with Crippen LogP contribution < -0.4 is 4.74 Å². The van der Waals surface area contributed by atoms with Crippen molar-refractivity contribution in [3.05, 3.63) is 41.2 Å². The Balaban J connectivity index is 2.24. The zero-order valence-corrected chi connectivity index (χ0v) is 13.3. The van der Waals surface area contributed by atoms with Crippen LogP contribution in [0.5, 0.6) is 5.75 Å². The van der Waals surface area contributed by atoms with Crippen LogP contribution in [0.2, 0.25) is 0 Å². The normalized spacial score (nSPS) is 11.4. The number of nitrogens with zero attached hydrogens (tertiary/aromatic N) is 3. The molecule has 0 spiro atoms. The first-order valence-corrected chi connectivity index (χ1v) is 8.25. The molecule has 0 aliphatic rings. The maximum Gasteiger partial charge on any atom is 0.356 e. The van der Waals surface area contributed by atoms with Crippen molar-refractivity contribution in [1.29, 1.82) is 0 Å². The van der Waals surface area contributed by atoms with Gasteiger partial charge in [-0.2, -0.15) is 8.42 Å². The fourth-order valence-electron chi connectivity index (χ4n) is 1.86. The number of methoxy groups -OCH3 is 1. The molecule has 0 aliphatic carbocycles. The number of carboxylic acids is 1. The predicted octanol–water partition coefficient (Wildman–Crippen LogP) is 0.509. The molecule has 1 aromatic carbocycles. The predicted molar refractivity (Wildman–Crippen MR) is 78.7 cm³/mol. The van der Waals surface area contributed by atoms with Crippen LogP contribution in [0.1, 0.15) is 21.7 Å². The fraction of sp³-hybridized carbons (Fsp3) is 0.308. The van der Waals surface area contributed by atoms with E-state index in [-0.39, 0.29) is 17.9 Å². The molecule has 124 valence electrons. The summed E-state index contributed by atoms with van der Waals surface area (Å²) in [5.41, 5.74) is 0.509. The maximum atomic E-state index is 11.4. The molecule has 1 heterocycles. The van der Waals surface area contributed by atoms with Crippen LogP contribution in [0.4, 0.5) is 0 Å². The first-order chi connectivity index (χ1) is 10.8. The van der Waals surface area contributed by atoms with E-state index < -0.39 is 22.7 Å². The van der Waals surface area contributed by atoms with Crippen molar-refractivity contribution >= 4 is 16.1 Å². The third kappa shape index (κ3) is 4.50. The van der Waals surface area contributed by atoms with E-state index in [4.69, 9.17) is 4.74 Å². The van der Waals surface area contributed by atoms with E-state index in [1.165, 1.54) is 4.68 Å². The van der Waals surface area contributed by atoms with Crippen molar-refractivity contribution in [2.24, 2.45) is 0 Å². The molecule has 0 radical (unpaired) electrons. The van der Waals surface area contributed by atoms with Gasteiger partial charge in [0.05, 0.1) is 19.9 Å². The van der Waals surface area contributed by atoms with Crippen molar-refractivity contribution in [1.82, 2.24) is 15.0 Å². The van der Waals surface area contributed by atoms with Crippen molar-refractivity contribution < 1.29 is 27.2 Å². The third-order valence-corrected chi connectivity index (χ3v) is 3.45. The summed E-state index contributed by atoms with van der Waals surface area (Å²) in [6, 6.07) is 7.00. The highest BCUT2D eigenvalue weighted by molar-refractivity contribution is 7.85. The van der Waals surface area contributed by atoms with E-state index in [1.807, 2.05) is 0 Å². The molecule has 0 bridgehead atoms. The second-order valence-corrected chi connectivity index (χ2v) is 6.31. The zero-order chi connectivity index (χ0) is 17.0. The Morgan fingerprint density at radius 1 is 1.30 bits per heavy atom. The number of benzene rings is 1. The number of aromatic nitrogens is 3. The monoisotopic (exact) mass is 341 g/mol. The van der Waals surface area contributed by atoms with Crippen LogP contribution in [0, 0.1) is 0 Å². The number of hydrogen-bond acceptors (Lipinski definition) is 7. The van der Waals surface area contributed by atoms with E-state index >= 15 is 0 Å². The van der Waals surface area contributed by atoms with Gasteiger partial charge in [-0.15, -0.1) is 5.10 Å². The second kappa shape index (κ2) is 6.75. The Hall–Kier alpha value is -2.46. The van der Waals surface area contributed by atoms with Gasteiger partial charge in [-0.1, -0.05) is 17.3 Å². The molecule has 9 nitrogen and oxygen atoms in total. The largest absolute Gasteiger partial charge is 0.497 e. The van der Waals surface area contributed by atoms with Gasteiger partial charge < -0.3 is 9.84 Å². The number of aromatic carboxylic acids is 1. The first-order valence-electron chi connectivity index (χ1n) is 6.43. The minimum absolute atomic E-state index is 0.0589. The standard InChI is InChI=1S/C13H15N3O6S/c1-21-10-5-3-9(4-6-10)7-16-12(13(17)18)11(14-15-16)8-22-23(2,19)20/h3-6H,7-8H2,1-2H3,(H,17,18). The Labute approximate surface area is 132 Å². The van der Waals surface area contributed by atoms with Crippen LogP contribution >= 0.6 is 0 Å². The van der Waals surface area contributed by atoms with Crippen molar-refractivity contribution in [2.45, 2.75) is 13.2 Å². The van der Waals surface area contributed by atoms with Gasteiger partial charge in [0.2, 0.25) is 0 Å². The molecule has 0 saturated carbocycles. The molecule has 0 aliphatic heterocycles. The number of rotatable bonds is 7. The lowest BCUT2D eigenvalue weighted by atomic mass is 10.2. The Morgan fingerprint density at radius 3 is 2.48 bits per heavy atom. The van der Waals surface area contributed by atoms with Crippen molar-refractivity contribution in [3.8, 4) is 5.75 Å². The quantitative estimate of drug-likeness (QED) is 0.723. The summed E-state index contributed by atoms with van der Waals surface area (Å²) in [6.45, 7) is -0.319. The summed E-state index contributed by atoms with van der Waals surface area (Å²) in [4.78, 5) is 11.4. The number of carbonyl (C=O) groups is 1. The highest BCUT2D eigenvalue weighted by atomic mass is 32.2. The Morgan fingerprint density at radius 2 is 1.96 bits per heavy atom. The highest BCUT2D eigenvalue weighted by Crippen LogP contribution is 2.14.